The Morgan fingerprint density at radius 3 is 2.62 bits per heavy atom. The maximum absolute atomic E-state index is 12.6. The van der Waals surface area contributed by atoms with Crippen LogP contribution in [0.25, 0.3) is 11.0 Å². The van der Waals surface area contributed by atoms with E-state index >= 15 is 0 Å². The van der Waals surface area contributed by atoms with Crippen LogP contribution in [0, 0.1) is 0 Å². The lowest BCUT2D eigenvalue weighted by atomic mass is 10.1. The highest BCUT2D eigenvalue weighted by molar-refractivity contribution is 7.91. The molecular weight excluding hydrogens is 372 g/mol. The molecule has 0 atom stereocenters. The molecule has 2 aromatic heterocycles. The highest BCUT2D eigenvalue weighted by Crippen LogP contribution is 2.23. The SMILES string of the molecule is O=C(c1cc2ccccc2o1)N1CCC(NS(=O)(=O)c2cccs2)CC1. The van der Waals surface area contributed by atoms with Crippen molar-refractivity contribution in [3.63, 3.8) is 0 Å². The Bertz CT molecular complexity index is 984. The van der Waals surface area contributed by atoms with Gasteiger partial charge >= 0.3 is 0 Å². The summed E-state index contributed by atoms with van der Waals surface area (Å²) in [5, 5.41) is 2.64. The van der Waals surface area contributed by atoms with Gasteiger partial charge in [-0.05, 0) is 36.4 Å². The molecule has 3 aromatic rings. The number of piperidine rings is 1. The molecule has 6 nitrogen and oxygen atoms in total. The summed E-state index contributed by atoms with van der Waals surface area (Å²) in [5.41, 5.74) is 0.689. The van der Waals surface area contributed by atoms with Crippen LogP contribution < -0.4 is 4.72 Å². The van der Waals surface area contributed by atoms with Gasteiger partial charge in [0.15, 0.2) is 5.76 Å². The molecule has 1 aliphatic heterocycles. The van der Waals surface area contributed by atoms with E-state index < -0.39 is 10.0 Å². The molecule has 8 heteroatoms. The third kappa shape index (κ3) is 3.40. The molecule has 4 rings (SSSR count). The molecule has 0 radical (unpaired) electrons. The van der Waals surface area contributed by atoms with E-state index in [1.807, 2.05) is 24.3 Å². The number of nitrogens with zero attached hydrogens (tertiary/aromatic N) is 1. The van der Waals surface area contributed by atoms with Gasteiger partial charge in [-0.25, -0.2) is 13.1 Å². The van der Waals surface area contributed by atoms with E-state index in [0.717, 1.165) is 5.39 Å². The lowest BCUT2D eigenvalue weighted by Crippen LogP contribution is -2.46. The normalized spacial score (nSPS) is 16.2. The second-order valence-electron chi connectivity index (χ2n) is 6.27. The summed E-state index contributed by atoms with van der Waals surface area (Å²) in [7, 11) is -3.48. The first-order valence-electron chi connectivity index (χ1n) is 8.37. The molecule has 1 saturated heterocycles. The topological polar surface area (TPSA) is 79.6 Å². The summed E-state index contributed by atoms with van der Waals surface area (Å²) in [6, 6.07) is 12.4. The van der Waals surface area contributed by atoms with E-state index in [2.05, 4.69) is 4.72 Å². The Hall–Kier alpha value is -2.16. The summed E-state index contributed by atoms with van der Waals surface area (Å²) < 4.78 is 33.3. The molecule has 136 valence electrons. The molecule has 26 heavy (non-hydrogen) atoms. The summed E-state index contributed by atoms with van der Waals surface area (Å²) in [6.45, 7) is 0.987. The van der Waals surface area contributed by atoms with Crippen molar-refractivity contribution in [3.8, 4) is 0 Å². The molecule has 0 bridgehead atoms. The lowest BCUT2D eigenvalue weighted by Gasteiger charge is -2.31. The summed E-state index contributed by atoms with van der Waals surface area (Å²) >= 11 is 1.20. The molecule has 1 aliphatic rings. The van der Waals surface area contributed by atoms with Crippen molar-refractivity contribution in [1.82, 2.24) is 9.62 Å². The molecule has 0 aliphatic carbocycles. The first-order chi connectivity index (χ1) is 12.5. The number of rotatable bonds is 4. The van der Waals surface area contributed by atoms with Crippen LogP contribution in [0.1, 0.15) is 23.4 Å². The number of carbonyl (C=O) groups excluding carboxylic acids is 1. The van der Waals surface area contributed by atoms with Gasteiger partial charge in [-0.15, -0.1) is 11.3 Å². The number of carbonyl (C=O) groups is 1. The molecule has 0 saturated carbocycles. The Morgan fingerprint density at radius 1 is 1.15 bits per heavy atom. The highest BCUT2D eigenvalue weighted by atomic mass is 32.2. The van der Waals surface area contributed by atoms with E-state index in [9.17, 15) is 13.2 Å². The fourth-order valence-electron chi connectivity index (χ4n) is 3.14. The number of hydrogen-bond donors (Lipinski definition) is 1. The van der Waals surface area contributed by atoms with E-state index in [1.54, 1.807) is 28.5 Å². The van der Waals surface area contributed by atoms with Crippen molar-refractivity contribution in [3.05, 3.63) is 53.6 Å². The minimum atomic E-state index is -3.48. The number of hydrogen-bond acceptors (Lipinski definition) is 5. The van der Waals surface area contributed by atoms with Crippen LogP contribution >= 0.6 is 11.3 Å². The summed E-state index contributed by atoms with van der Waals surface area (Å²) in [5.74, 6) is 0.171. The minimum absolute atomic E-state index is 0.152. The number of benzene rings is 1. The van der Waals surface area contributed by atoms with Crippen LogP contribution in [-0.2, 0) is 10.0 Å². The zero-order valence-electron chi connectivity index (χ0n) is 13.9. The quantitative estimate of drug-likeness (QED) is 0.742. The number of thiophene rings is 1. The molecule has 1 fully saturated rings. The predicted molar refractivity (Wildman–Crippen MR) is 99.8 cm³/mol. The fraction of sp³-hybridized carbons (Fsp3) is 0.278. The van der Waals surface area contributed by atoms with Crippen LogP contribution in [-0.4, -0.2) is 38.4 Å². The Labute approximate surface area is 155 Å². The lowest BCUT2D eigenvalue weighted by molar-refractivity contribution is 0.0681. The van der Waals surface area contributed by atoms with Crippen LogP contribution in [0.3, 0.4) is 0 Å². The summed E-state index contributed by atoms with van der Waals surface area (Å²) in [6.07, 6.45) is 1.16. The molecule has 1 aromatic carbocycles. The van der Waals surface area contributed by atoms with Crippen molar-refractivity contribution in [1.29, 1.82) is 0 Å². The Balaban J connectivity index is 1.39. The maximum Gasteiger partial charge on any atom is 0.289 e. The second-order valence-corrected chi connectivity index (χ2v) is 9.16. The maximum atomic E-state index is 12.6. The van der Waals surface area contributed by atoms with Crippen LogP contribution in [0.15, 0.2) is 56.5 Å². The van der Waals surface area contributed by atoms with Gasteiger partial charge in [0.1, 0.15) is 9.79 Å². The number of nitrogens with one attached hydrogen (secondary N) is 1. The van der Waals surface area contributed by atoms with E-state index in [-0.39, 0.29) is 11.9 Å². The van der Waals surface area contributed by atoms with Gasteiger partial charge in [0.2, 0.25) is 10.0 Å². The number of para-hydroxylation sites is 1. The predicted octanol–water partition coefficient (Wildman–Crippen LogP) is 3.08. The van der Waals surface area contributed by atoms with Gasteiger partial charge < -0.3 is 9.32 Å². The van der Waals surface area contributed by atoms with Crippen LogP contribution in [0.4, 0.5) is 0 Å². The van der Waals surface area contributed by atoms with Gasteiger partial charge in [-0.2, -0.15) is 0 Å². The number of fused-ring (bicyclic) bond motifs is 1. The first-order valence-corrected chi connectivity index (χ1v) is 10.7. The second kappa shape index (κ2) is 6.86. The standard InChI is InChI=1S/C18H18N2O4S2/c21-18(16-12-13-4-1-2-5-15(13)24-16)20-9-7-14(8-10-20)19-26(22,23)17-6-3-11-25-17/h1-6,11-12,14,19H,7-10H2. The molecular formula is C18H18N2O4S2. The molecule has 0 spiro atoms. The van der Waals surface area contributed by atoms with Crippen molar-refractivity contribution in [2.24, 2.45) is 0 Å². The van der Waals surface area contributed by atoms with Crippen molar-refractivity contribution in [2.45, 2.75) is 23.1 Å². The van der Waals surface area contributed by atoms with Crippen molar-refractivity contribution in [2.75, 3.05) is 13.1 Å². The summed E-state index contributed by atoms with van der Waals surface area (Å²) in [4.78, 5) is 14.4. The largest absolute Gasteiger partial charge is 0.451 e. The van der Waals surface area contributed by atoms with Crippen LogP contribution in [0.5, 0.6) is 0 Å². The number of amides is 1. The Morgan fingerprint density at radius 2 is 1.92 bits per heavy atom. The van der Waals surface area contributed by atoms with E-state index in [4.69, 9.17) is 4.42 Å². The number of furan rings is 1. The van der Waals surface area contributed by atoms with Crippen LogP contribution in [0.2, 0.25) is 0 Å². The van der Waals surface area contributed by atoms with Crippen molar-refractivity contribution < 1.29 is 17.6 Å². The van der Waals surface area contributed by atoms with Gasteiger partial charge in [0.25, 0.3) is 5.91 Å². The Kier molecular flexibility index (Phi) is 4.56. The van der Waals surface area contributed by atoms with E-state index in [1.165, 1.54) is 11.3 Å². The van der Waals surface area contributed by atoms with Gasteiger partial charge in [0, 0.05) is 24.5 Å². The highest BCUT2D eigenvalue weighted by Gasteiger charge is 2.28. The third-order valence-electron chi connectivity index (χ3n) is 4.50. The average Bonchev–Trinajstić information content (AvgIpc) is 3.31. The van der Waals surface area contributed by atoms with E-state index in [0.29, 0.717) is 41.5 Å². The molecule has 1 N–H and O–H groups in total. The average molecular weight is 390 g/mol. The minimum Gasteiger partial charge on any atom is -0.451 e. The first kappa shape index (κ1) is 17.3. The smallest absolute Gasteiger partial charge is 0.289 e. The van der Waals surface area contributed by atoms with Gasteiger partial charge in [-0.1, -0.05) is 24.3 Å². The molecule has 0 unspecified atom stereocenters. The van der Waals surface area contributed by atoms with Gasteiger partial charge in [-0.3, -0.25) is 4.79 Å². The zero-order valence-corrected chi connectivity index (χ0v) is 15.6. The third-order valence-corrected chi connectivity index (χ3v) is 7.42. The fourth-order valence-corrected chi connectivity index (χ4v) is 5.45. The van der Waals surface area contributed by atoms with Crippen molar-refractivity contribution >= 4 is 38.2 Å². The number of likely N-dealkylation sites (tertiary alicyclic amines) is 1. The van der Waals surface area contributed by atoms with Gasteiger partial charge in [0.05, 0.1) is 0 Å². The zero-order chi connectivity index (χ0) is 18.1. The molecule has 3 heterocycles. The monoisotopic (exact) mass is 390 g/mol. The number of sulfonamides is 1. The molecule has 1 amide bonds.